The summed E-state index contributed by atoms with van der Waals surface area (Å²) >= 11 is 0. The van der Waals surface area contributed by atoms with Crippen LogP contribution in [0.2, 0.25) is 0 Å². The van der Waals surface area contributed by atoms with Crippen molar-refractivity contribution in [2.75, 3.05) is 6.61 Å². The predicted octanol–water partition coefficient (Wildman–Crippen LogP) is -1.37. The smallest absolute Gasteiger partial charge is 0.303 e. The predicted molar refractivity (Wildman–Crippen MR) is 76.2 cm³/mol. The van der Waals surface area contributed by atoms with E-state index in [1.807, 2.05) is 0 Å². The number of aliphatic hydroxyl groups excluding tert-OH is 1. The third-order valence-electron chi connectivity index (χ3n) is 3.09. The molecule has 5 atom stereocenters. The number of hydrogen-bond donors (Lipinski definition) is 2. The second kappa shape index (κ2) is 8.60. The van der Waals surface area contributed by atoms with Crippen molar-refractivity contribution < 1.29 is 43.2 Å². The van der Waals surface area contributed by atoms with E-state index in [2.05, 4.69) is 5.32 Å². The molecular formula is C14H21NO9. The number of rotatable bonds is 5. The molecule has 0 aromatic heterocycles. The minimum absolute atomic E-state index is 0.338. The molecular weight excluding hydrogens is 326 g/mol. The lowest BCUT2D eigenvalue weighted by atomic mass is 9.96. The van der Waals surface area contributed by atoms with Gasteiger partial charge in [0.2, 0.25) is 5.91 Å². The Morgan fingerprint density at radius 2 is 1.50 bits per heavy atom. The van der Waals surface area contributed by atoms with E-state index in [4.69, 9.17) is 18.9 Å². The molecule has 1 rings (SSSR count). The van der Waals surface area contributed by atoms with Gasteiger partial charge >= 0.3 is 17.9 Å². The van der Waals surface area contributed by atoms with Gasteiger partial charge < -0.3 is 29.4 Å². The van der Waals surface area contributed by atoms with Crippen LogP contribution in [0.5, 0.6) is 0 Å². The molecule has 1 heterocycles. The Bertz CT molecular complexity index is 506. The van der Waals surface area contributed by atoms with Crippen LogP contribution in [-0.2, 0) is 38.1 Å². The summed E-state index contributed by atoms with van der Waals surface area (Å²) in [6.45, 7) is 4.28. The van der Waals surface area contributed by atoms with Crippen LogP contribution in [0, 0.1) is 0 Å². The van der Waals surface area contributed by atoms with Crippen LogP contribution < -0.4 is 5.32 Å². The number of nitrogens with one attached hydrogen (secondary N) is 1. The lowest BCUT2D eigenvalue weighted by Gasteiger charge is -2.43. The van der Waals surface area contributed by atoms with Crippen LogP contribution in [-0.4, -0.2) is 66.2 Å². The second-order valence-electron chi connectivity index (χ2n) is 5.24. The van der Waals surface area contributed by atoms with Gasteiger partial charge in [0, 0.05) is 27.7 Å². The summed E-state index contributed by atoms with van der Waals surface area (Å²) in [5, 5.41) is 12.5. The first-order chi connectivity index (χ1) is 11.1. The minimum atomic E-state index is -1.56. The molecule has 0 bridgehead atoms. The molecule has 0 spiro atoms. The maximum Gasteiger partial charge on any atom is 0.303 e. The summed E-state index contributed by atoms with van der Waals surface area (Å²) in [5.41, 5.74) is 0. The minimum Gasteiger partial charge on any atom is -0.463 e. The van der Waals surface area contributed by atoms with E-state index in [1.165, 1.54) is 13.8 Å². The van der Waals surface area contributed by atoms with Crippen LogP contribution in [0.1, 0.15) is 27.7 Å². The van der Waals surface area contributed by atoms with Gasteiger partial charge in [-0.15, -0.1) is 0 Å². The molecule has 1 saturated heterocycles. The van der Waals surface area contributed by atoms with E-state index in [0.29, 0.717) is 0 Å². The van der Waals surface area contributed by atoms with Gasteiger partial charge in [-0.1, -0.05) is 0 Å². The largest absolute Gasteiger partial charge is 0.463 e. The number of ether oxygens (including phenoxy) is 4. The van der Waals surface area contributed by atoms with Gasteiger partial charge in [0.1, 0.15) is 18.8 Å². The average Bonchev–Trinajstić information content (AvgIpc) is 2.42. The molecule has 1 aliphatic heterocycles. The number of carbonyl (C=O) groups excluding carboxylic acids is 4. The van der Waals surface area contributed by atoms with Gasteiger partial charge in [0.05, 0.1) is 0 Å². The summed E-state index contributed by atoms with van der Waals surface area (Å²) in [4.78, 5) is 45.0. The summed E-state index contributed by atoms with van der Waals surface area (Å²) in [5.74, 6) is -2.54. The molecule has 0 aromatic rings. The van der Waals surface area contributed by atoms with Crippen molar-refractivity contribution in [3.8, 4) is 0 Å². The van der Waals surface area contributed by atoms with Crippen molar-refractivity contribution in [3.63, 3.8) is 0 Å². The Balaban J connectivity index is 3.11. The maximum absolute atomic E-state index is 11.4. The Labute approximate surface area is 138 Å². The highest BCUT2D eigenvalue weighted by Crippen LogP contribution is 2.26. The highest BCUT2D eigenvalue weighted by molar-refractivity contribution is 5.73. The monoisotopic (exact) mass is 347 g/mol. The molecule has 136 valence electrons. The normalized spacial score (nSPS) is 29.3. The lowest BCUT2D eigenvalue weighted by molar-refractivity contribution is -0.264. The zero-order chi connectivity index (χ0) is 18.4. The fourth-order valence-corrected chi connectivity index (χ4v) is 2.31. The van der Waals surface area contributed by atoms with E-state index in [0.717, 1.165) is 13.8 Å². The van der Waals surface area contributed by atoms with Crippen molar-refractivity contribution in [3.05, 3.63) is 0 Å². The zero-order valence-corrected chi connectivity index (χ0v) is 13.8. The molecule has 0 aromatic carbocycles. The molecule has 10 heteroatoms. The van der Waals surface area contributed by atoms with E-state index in [-0.39, 0.29) is 6.61 Å². The molecule has 0 unspecified atom stereocenters. The zero-order valence-electron chi connectivity index (χ0n) is 13.8. The van der Waals surface area contributed by atoms with Gasteiger partial charge in [-0.05, 0) is 0 Å². The first-order valence-electron chi connectivity index (χ1n) is 7.20. The average molecular weight is 347 g/mol. The van der Waals surface area contributed by atoms with Crippen LogP contribution in [0.3, 0.4) is 0 Å². The molecule has 24 heavy (non-hydrogen) atoms. The number of amides is 1. The highest BCUT2D eigenvalue weighted by Gasteiger charge is 2.50. The van der Waals surface area contributed by atoms with Crippen molar-refractivity contribution in [1.82, 2.24) is 5.32 Å². The van der Waals surface area contributed by atoms with Gasteiger partial charge in [-0.2, -0.15) is 0 Å². The van der Waals surface area contributed by atoms with Gasteiger partial charge in [-0.25, -0.2) is 0 Å². The molecule has 1 fully saturated rings. The maximum atomic E-state index is 11.4. The van der Waals surface area contributed by atoms with Crippen LogP contribution in [0.4, 0.5) is 0 Å². The Hall–Kier alpha value is -2.20. The second-order valence-corrected chi connectivity index (χ2v) is 5.24. The quantitative estimate of drug-likeness (QED) is 0.456. The number of esters is 3. The molecule has 1 aliphatic rings. The van der Waals surface area contributed by atoms with Crippen LogP contribution >= 0.6 is 0 Å². The third kappa shape index (κ3) is 5.78. The summed E-state index contributed by atoms with van der Waals surface area (Å²) < 4.78 is 20.3. The Morgan fingerprint density at radius 3 is 1.96 bits per heavy atom. The number of aliphatic hydroxyl groups is 1. The number of carbonyl (C=O) groups is 4. The van der Waals surface area contributed by atoms with Gasteiger partial charge in [0.25, 0.3) is 0 Å². The molecule has 1 amide bonds. The number of hydrogen-bond acceptors (Lipinski definition) is 9. The third-order valence-corrected chi connectivity index (χ3v) is 3.09. The first-order valence-corrected chi connectivity index (χ1v) is 7.20. The van der Waals surface area contributed by atoms with Crippen molar-refractivity contribution in [2.24, 2.45) is 0 Å². The molecule has 0 radical (unpaired) electrons. The van der Waals surface area contributed by atoms with E-state index in [1.54, 1.807) is 0 Å². The van der Waals surface area contributed by atoms with Crippen molar-refractivity contribution in [1.29, 1.82) is 0 Å². The van der Waals surface area contributed by atoms with E-state index < -0.39 is 54.5 Å². The van der Waals surface area contributed by atoms with Crippen molar-refractivity contribution >= 4 is 23.8 Å². The lowest BCUT2D eigenvalue weighted by Crippen LogP contribution is -2.66. The topological polar surface area (TPSA) is 137 Å². The Kier molecular flexibility index (Phi) is 7.11. The standard InChI is InChI=1S/C14H21NO9/c1-6(16)15-11-13(23-9(4)19)12(22-8(3)18)10(24-14(11)20)5-21-7(2)17/h10-14,20H,5H2,1-4H3,(H,15,16)/t10-,11+,12+,13-,14+/m0/s1. The van der Waals surface area contributed by atoms with Crippen molar-refractivity contribution in [2.45, 2.75) is 58.3 Å². The SMILES string of the molecule is CC(=O)N[C@@H]1[C@H](OC(C)=O)[C@H](OC(C)=O)[C@H](COC(C)=O)O[C@H]1O. The molecule has 10 nitrogen and oxygen atoms in total. The molecule has 2 N–H and O–H groups in total. The summed E-state index contributed by atoms with van der Waals surface area (Å²) in [7, 11) is 0. The first kappa shape index (κ1) is 19.8. The summed E-state index contributed by atoms with van der Waals surface area (Å²) in [6.07, 6.45) is -5.06. The van der Waals surface area contributed by atoms with Crippen LogP contribution in [0.15, 0.2) is 0 Å². The fourth-order valence-electron chi connectivity index (χ4n) is 2.31. The van der Waals surface area contributed by atoms with Gasteiger partial charge in [0.15, 0.2) is 18.5 Å². The highest BCUT2D eigenvalue weighted by atomic mass is 16.7. The van der Waals surface area contributed by atoms with E-state index >= 15 is 0 Å². The van der Waals surface area contributed by atoms with Crippen LogP contribution in [0.25, 0.3) is 0 Å². The molecule has 0 saturated carbocycles. The van der Waals surface area contributed by atoms with E-state index in [9.17, 15) is 24.3 Å². The fraction of sp³-hybridized carbons (Fsp3) is 0.714. The summed E-state index contributed by atoms with van der Waals surface area (Å²) in [6, 6.07) is -1.16. The van der Waals surface area contributed by atoms with Gasteiger partial charge in [-0.3, -0.25) is 19.2 Å². The Morgan fingerprint density at radius 1 is 0.958 bits per heavy atom. The molecule has 0 aliphatic carbocycles.